The van der Waals surface area contributed by atoms with E-state index in [1.54, 1.807) is 0 Å². The normalized spacial score (nSPS) is 13.3. The maximum Gasteiger partial charge on any atom is 0.0803 e. The zero-order valence-electron chi connectivity index (χ0n) is 24.4. The molecule has 0 heterocycles. The van der Waals surface area contributed by atoms with Crippen LogP contribution in [-0.4, -0.2) is 106 Å². The summed E-state index contributed by atoms with van der Waals surface area (Å²) >= 11 is 0. The van der Waals surface area contributed by atoms with Crippen molar-refractivity contribution < 1.29 is 62.6 Å². The van der Waals surface area contributed by atoms with Gasteiger partial charge in [0.15, 0.2) is 0 Å². The van der Waals surface area contributed by atoms with E-state index in [9.17, 15) is 0 Å². The van der Waals surface area contributed by atoms with Gasteiger partial charge in [0.05, 0.1) is 127 Å². The fourth-order valence-corrected chi connectivity index (χ4v) is 4.22. The molecular formula is C20H52N10O13. The Labute approximate surface area is 249 Å². The first kappa shape index (κ1) is 42.1. The van der Waals surface area contributed by atoms with Crippen LogP contribution in [0.25, 0.3) is 0 Å². The molecule has 0 aliphatic rings. The molecule has 0 spiro atoms. The zero-order chi connectivity index (χ0) is 32.5. The Bertz CT molecular complexity index is 567. The molecule has 43 heavy (non-hydrogen) atoms. The largest absolute Gasteiger partial charge is 0.380 e. The summed E-state index contributed by atoms with van der Waals surface area (Å²) in [6, 6.07) is 0. The third kappa shape index (κ3) is 15.8. The number of nitrogens with two attached hydrogens (primary N) is 10. The van der Waals surface area contributed by atoms with Crippen molar-refractivity contribution in [3.63, 3.8) is 0 Å². The van der Waals surface area contributed by atoms with Crippen molar-refractivity contribution in [2.75, 3.05) is 106 Å². The van der Waals surface area contributed by atoms with Gasteiger partial charge in [0.2, 0.25) is 0 Å². The maximum absolute atomic E-state index is 6.05. The molecule has 23 nitrogen and oxygen atoms in total. The minimum Gasteiger partial charge on any atom is -0.380 e. The fraction of sp³-hybridized carbons (Fsp3) is 1.00. The molecule has 0 rings (SSSR count). The van der Waals surface area contributed by atoms with Gasteiger partial charge in [0.25, 0.3) is 0 Å². The summed E-state index contributed by atoms with van der Waals surface area (Å²) < 4.78 is 17.9. The highest BCUT2D eigenvalue weighted by Gasteiger charge is 2.40. The average Bonchev–Trinajstić information content (AvgIpc) is 2.94. The van der Waals surface area contributed by atoms with Crippen molar-refractivity contribution in [2.45, 2.75) is 0 Å². The molecule has 0 aromatic rings. The van der Waals surface area contributed by atoms with Crippen molar-refractivity contribution >= 4 is 0 Å². The Morgan fingerprint density at radius 1 is 0.209 bits per heavy atom. The Balaban J connectivity index is 5.71. The van der Waals surface area contributed by atoms with E-state index < -0.39 is 21.7 Å². The molecule has 0 bridgehead atoms. The predicted molar refractivity (Wildman–Crippen MR) is 144 cm³/mol. The van der Waals surface area contributed by atoms with Crippen LogP contribution >= 0.6 is 0 Å². The third-order valence-corrected chi connectivity index (χ3v) is 6.34. The van der Waals surface area contributed by atoms with E-state index in [2.05, 4.69) is 0 Å². The molecule has 0 saturated carbocycles. The van der Waals surface area contributed by atoms with E-state index in [1.165, 1.54) is 0 Å². The summed E-state index contributed by atoms with van der Waals surface area (Å²) in [5.41, 5.74) is -3.96. The van der Waals surface area contributed by atoms with Gasteiger partial charge in [-0.05, 0) is 0 Å². The summed E-state index contributed by atoms with van der Waals surface area (Å²) in [6.07, 6.45) is 0. The summed E-state index contributed by atoms with van der Waals surface area (Å²) in [7, 11) is 0. The van der Waals surface area contributed by atoms with Crippen LogP contribution in [0.3, 0.4) is 0 Å². The molecule has 20 N–H and O–H groups in total. The van der Waals surface area contributed by atoms with Gasteiger partial charge in [0.1, 0.15) is 0 Å². The van der Waals surface area contributed by atoms with Crippen LogP contribution in [0.15, 0.2) is 0 Å². The molecule has 0 saturated heterocycles. The van der Waals surface area contributed by atoms with Crippen LogP contribution in [0.4, 0.5) is 0 Å². The van der Waals surface area contributed by atoms with Crippen molar-refractivity contribution in [3.8, 4) is 0 Å². The Morgan fingerprint density at radius 2 is 0.326 bits per heavy atom. The smallest absolute Gasteiger partial charge is 0.0803 e. The zero-order valence-corrected chi connectivity index (χ0v) is 24.4. The molecule has 0 aromatic heterocycles. The van der Waals surface area contributed by atoms with Gasteiger partial charge in [-0.15, -0.1) is 0 Å². The fourth-order valence-electron chi connectivity index (χ4n) is 4.22. The minimum absolute atomic E-state index is 0.0252. The first-order chi connectivity index (χ1) is 20.7. The van der Waals surface area contributed by atoms with Crippen molar-refractivity contribution in [2.24, 2.45) is 80.6 Å². The van der Waals surface area contributed by atoms with Crippen LogP contribution in [0.5, 0.6) is 0 Å². The van der Waals surface area contributed by atoms with Crippen LogP contribution < -0.4 is 59.0 Å². The highest BCUT2D eigenvalue weighted by atomic mass is 16.7. The molecule has 0 radical (unpaired) electrons. The van der Waals surface area contributed by atoms with Crippen LogP contribution in [0, 0.1) is 21.7 Å². The van der Waals surface area contributed by atoms with Crippen molar-refractivity contribution in [3.05, 3.63) is 0 Å². The topological polar surface area (TPSA) is 380 Å². The van der Waals surface area contributed by atoms with Crippen molar-refractivity contribution in [1.29, 1.82) is 0 Å². The molecule has 0 aliphatic heterocycles. The van der Waals surface area contributed by atoms with E-state index in [1.807, 2.05) is 0 Å². The van der Waals surface area contributed by atoms with E-state index in [0.717, 1.165) is 0 Å². The summed E-state index contributed by atoms with van der Waals surface area (Å²) in [5.74, 6) is 53.2. The average molecular weight is 641 g/mol. The van der Waals surface area contributed by atoms with Gasteiger partial charge in [-0.25, -0.2) is 59.0 Å². The monoisotopic (exact) mass is 640 g/mol. The standard InChI is InChI=1S/C20H52N10O13/c21-34-7-17(8-35-22,3-32-5-19(11-38-25,12-39-26)13-40-27)1-31-2-18(9-36-23,10-37-24)4-33-6-20(14-41-28,15-42-29)16-43-30/h1-16,21-30H2. The molecule has 0 atom stereocenters. The van der Waals surface area contributed by atoms with Crippen LogP contribution in [0.1, 0.15) is 0 Å². The molecule has 0 fully saturated rings. The molecule has 0 amide bonds. The third-order valence-electron chi connectivity index (χ3n) is 6.34. The summed E-state index contributed by atoms with van der Waals surface area (Å²) in [4.78, 5) is 48.3. The second-order valence-electron chi connectivity index (χ2n) is 10.6. The molecule has 0 unspecified atom stereocenters. The van der Waals surface area contributed by atoms with E-state index in [0.29, 0.717) is 0 Å². The first-order valence-corrected chi connectivity index (χ1v) is 12.6. The van der Waals surface area contributed by atoms with Gasteiger partial charge in [-0.1, -0.05) is 0 Å². The number of hydrogen-bond donors (Lipinski definition) is 10. The van der Waals surface area contributed by atoms with Gasteiger partial charge < -0.3 is 62.6 Å². The molecule has 0 aromatic carbocycles. The Morgan fingerprint density at radius 3 is 0.442 bits per heavy atom. The quantitative estimate of drug-likeness (QED) is 0.0306. The maximum atomic E-state index is 6.05. The lowest BCUT2D eigenvalue weighted by Crippen LogP contribution is -2.49. The summed E-state index contributed by atoms with van der Waals surface area (Å²) in [6.45, 7) is -1.01. The van der Waals surface area contributed by atoms with E-state index in [4.69, 9.17) is 122 Å². The predicted octanol–water partition coefficient (Wildman–Crippen LogP) is -6.12. The van der Waals surface area contributed by atoms with E-state index >= 15 is 0 Å². The van der Waals surface area contributed by atoms with Gasteiger partial charge >= 0.3 is 0 Å². The SMILES string of the molecule is NOCC(CON)(CON)COCC(CON)(CON)COCC(CON)(CON)COCC(CON)(CON)CON. The second-order valence-corrected chi connectivity index (χ2v) is 10.6. The number of hydrogen-bond acceptors (Lipinski definition) is 23. The molecule has 260 valence electrons. The second kappa shape index (κ2) is 24.3. The lowest BCUT2D eigenvalue weighted by atomic mass is 9.89. The van der Waals surface area contributed by atoms with E-state index in [-0.39, 0.29) is 106 Å². The van der Waals surface area contributed by atoms with Crippen LogP contribution in [0.2, 0.25) is 0 Å². The minimum atomic E-state index is -1.03. The van der Waals surface area contributed by atoms with Gasteiger partial charge in [0, 0.05) is 0 Å². The highest BCUT2D eigenvalue weighted by molar-refractivity contribution is 4.85. The lowest BCUT2D eigenvalue weighted by molar-refractivity contribution is -0.165. The lowest BCUT2D eigenvalue weighted by Gasteiger charge is -2.37. The first-order valence-electron chi connectivity index (χ1n) is 12.6. The van der Waals surface area contributed by atoms with Gasteiger partial charge in [-0.2, -0.15) is 0 Å². The number of ether oxygens (including phenoxy) is 3. The summed E-state index contributed by atoms with van der Waals surface area (Å²) in [5, 5.41) is 0. The van der Waals surface area contributed by atoms with Gasteiger partial charge in [-0.3, -0.25) is 0 Å². The Kier molecular flexibility index (Phi) is 23.8. The molecular weight excluding hydrogens is 588 g/mol. The van der Waals surface area contributed by atoms with Crippen molar-refractivity contribution in [1.82, 2.24) is 0 Å². The molecule has 0 aliphatic carbocycles. The highest BCUT2D eigenvalue weighted by Crippen LogP contribution is 2.27. The number of rotatable bonds is 32. The molecule has 23 heteroatoms. The Hall–Kier alpha value is -0.920. The van der Waals surface area contributed by atoms with Crippen LogP contribution in [-0.2, 0) is 62.6 Å².